The van der Waals surface area contributed by atoms with E-state index in [0.717, 1.165) is 0 Å². The van der Waals surface area contributed by atoms with Crippen LogP contribution >= 0.6 is 0 Å². The molecule has 2 atom stereocenters. The van der Waals surface area contributed by atoms with E-state index in [4.69, 9.17) is 11.5 Å². The van der Waals surface area contributed by atoms with Crippen molar-refractivity contribution in [3.63, 3.8) is 0 Å². The minimum Gasteiger partial charge on any atom is -0.382 e. The third-order valence-corrected chi connectivity index (χ3v) is 2.41. The second-order valence-electron chi connectivity index (χ2n) is 3.37. The first-order valence-corrected chi connectivity index (χ1v) is 4.39. The normalized spacial score (nSPS) is 26.1. The fraction of sp³-hybridized carbons (Fsp3) is 0.778. The Morgan fingerprint density at radius 2 is 2.21 bits per heavy atom. The van der Waals surface area contributed by atoms with Crippen LogP contribution in [0.4, 0.5) is 13.2 Å². The van der Waals surface area contributed by atoms with Gasteiger partial charge in [-0.2, -0.15) is 13.2 Å². The second kappa shape index (κ2) is 4.20. The fourth-order valence-corrected chi connectivity index (χ4v) is 1.74. The minimum absolute atomic E-state index is 0.164. The molecule has 0 unspecified atom stereocenters. The zero-order chi connectivity index (χ0) is 10.8. The Balaban J connectivity index is 2.63. The summed E-state index contributed by atoms with van der Waals surface area (Å²) in [5, 5.41) is 9.05. The van der Waals surface area contributed by atoms with Gasteiger partial charge in [0.05, 0.1) is 6.54 Å². The highest BCUT2D eigenvalue weighted by molar-refractivity contribution is 4.96. The SMILES string of the molecule is C#CCN1CCC[C@H]1[C@@H](O)C(F)(F)F. The molecule has 2 nitrogen and oxygen atoms in total. The van der Waals surface area contributed by atoms with Crippen molar-refractivity contribution in [1.82, 2.24) is 4.90 Å². The molecule has 1 fully saturated rings. The van der Waals surface area contributed by atoms with Gasteiger partial charge in [-0.1, -0.05) is 5.92 Å². The molecule has 1 heterocycles. The van der Waals surface area contributed by atoms with Gasteiger partial charge in [-0.3, -0.25) is 4.90 Å². The third kappa shape index (κ3) is 2.40. The van der Waals surface area contributed by atoms with E-state index in [1.807, 2.05) is 0 Å². The Morgan fingerprint density at radius 3 is 2.71 bits per heavy atom. The fourth-order valence-electron chi connectivity index (χ4n) is 1.74. The lowest BCUT2D eigenvalue weighted by Crippen LogP contribution is -2.47. The molecule has 80 valence electrons. The predicted octanol–water partition coefficient (Wildman–Crippen LogP) is 1.01. The van der Waals surface area contributed by atoms with Crippen molar-refractivity contribution in [3.8, 4) is 12.3 Å². The molecule has 14 heavy (non-hydrogen) atoms. The molecule has 0 aromatic rings. The van der Waals surface area contributed by atoms with E-state index >= 15 is 0 Å². The summed E-state index contributed by atoms with van der Waals surface area (Å²) in [5.74, 6) is 2.29. The zero-order valence-corrected chi connectivity index (χ0v) is 7.59. The van der Waals surface area contributed by atoms with Crippen LogP contribution in [0.25, 0.3) is 0 Å². The van der Waals surface area contributed by atoms with Crippen LogP contribution in [0.15, 0.2) is 0 Å². The van der Waals surface area contributed by atoms with Gasteiger partial charge in [-0.25, -0.2) is 0 Å². The van der Waals surface area contributed by atoms with E-state index in [0.29, 0.717) is 19.4 Å². The lowest BCUT2D eigenvalue weighted by molar-refractivity contribution is -0.218. The summed E-state index contributed by atoms with van der Waals surface area (Å²) >= 11 is 0. The lowest BCUT2D eigenvalue weighted by Gasteiger charge is -2.28. The van der Waals surface area contributed by atoms with Crippen molar-refractivity contribution in [2.45, 2.75) is 31.2 Å². The number of hydrogen-bond donors (Lipinski definition) is 1. The third-order valence-electron chi connectivity index (χ3n) is 2.41. The van der Waals surface area contributed by atoms with Crippen LogP contribution in [-0.4, -0.2) is 41.4 Å². The summed E-state index contributed by atoms with van der Waals surface area (Å²) in [7, 11) is 0. The minimum atomic E-state index is -4.55. The van der Waals surface area contributed by atoms with Crippen molar-refractivity contribution >= 4 is 0 Å². The van der Waals surface area contributed by atoms with Crippen LogP contribution < -0.4 is 0 Å². The maximum absolute atomic E-state index is 12.2. The van der Waals surface area contributed by atoms with Crippen molar-refractivity contribution < 1.29 is 18.3 Å². The van der Waals surface area contributed by atoms with E-state index in [1.54, 1.807) is 0 Å². The predicted molar refractivity (Wildman–Crippen MR) is 45.5 cm³/mol. The summed E-state index contributed by atoms with van der Waals surface area (Å²) < 4.78 is 36.6. The average Bonchev–Trinajstić information content (AvgIpc) is 2.50. The summed E-state index contributed by atoms with van der Waals surface area (Å²) in [6.45, 7) is 0.694. The first-order valence-electron chi connectivity index (χ1n) is 4.39. The molecule has 0 aromatic heterocycles. The lowest BCUT2D eigenvalue weighted by atomic mass is 10.1. The molecule has 0 amide bonds. The molecule has 0 aliphatic carbocycles. The van der Waals surface area contributed by atoms with Crippen LogP contribution in [0.5, 0.6) is 0 Å². The molecule has 1 aliphatic heterocycles. The molecule has 0 radical (unpaired) electrons. The van der Waals surface area contributed by atoms with E-state index in [-0.39, 0.29) is 6.54 Å². The molecular formula is C9H12F3NO. The van der Waals surface area contributed by atoms with Gasteiger partial charge in [0.25, 0.3) is 0 Å². The van der Waals surface area contributed by atoms with Crippen molar-refractivity contribution in [2.75, 3.05) is 13.1 Å². The summed E-state index contributed by atoms with van der Waals surface area (Å²) in [5.41, 5.74) is 0. The Morgan fingerprint density at radius 1 is 1.57 bits per heavy atom. The largest absolute Gasteiger partial charge is 0.415 e. The number of hydrogen-bond acceptors (Lipinski definition) is 2. The van der Waals surface area contributed by atoms with Gasteiger partial charge < -0.3 is 5.11 Å². The van der Waals surface area contributed by atoms with Gasteiger partial charge in [0.2, 0.25) is 0 Å². The maximum Gasteiger partial charge on any atom is 0.415 e. The summed E-state index contributed by atoms with van der Waals surface area (Å²) in [6.07, 6.45) is -0.806. The molecular weight excluding hydrogens is 195 g/mol. The number of likely N-dealkylation sites (tertiary alicyclic amines) is 1. The Hall–Kier alpha value is -0.730. The smallest absolute Gasteiger partial charge is 0.382 e. The molecule has 1 saturated heterocycles. The van der Waals surface area contributed by atoms with Crippen molar-refractivity contribution in [1.29, 1.82) is 0 Å². The number of aliphatic hydroxyl groups excluding tert-OH is 1. The van der Waals surface area contributed by atoms with E-state index in [1.165, 1.54) is 4.90 Å². The molecule has 5 heteroatoms. The van der Waals surface area contributed by atoms with Crippen LogP contribution in [0.2, 0.25) is 0 Å². The number of terminal acetylenes is 1. The number of halogens is 3. The van der Waals surface area contributed by atoms with Crippen LogP contribution in [0, 0.1) is 12.3 Å². The van der Waals surface area contributed by atoms with E-state index in [9.17, 15) is 13.2 Å². The zero-order valence-electron chi connectivity index (χ0n) is 7.59. The number of alkyl halides is 3. The monoisotopic (exact) mass is 207 g/mol. The summed E-state index contributed by atoms with van der Waals surface area (Å²) in [6, 6.07) is -0.869. The van der Waals surface area contributed by atoms with Gasteiger partial charge in [0.1, 0.15) is 0 Å². The van der Waals surface area contributed by atoms with Gasteiger partial charge in [-0.15, -0.1) is 6.42 Å². The molecule has 0 aromatic carbocycles. The van der Waals surface area contributed by atoms with E-state index < -0.39 is 18.3 Å². The van der Waals surface area contributed by atoms with Crippen molar-refractivity contribution in [3.05, 3.63) is 0 Å². The average molecular weight is 207 g/mol. The first kappa shape index (κ1) is 11.3. The van der Waals surface area contributed by atoms with Crippen LogP contribution in [-0.2, 0) is 0 Å². The quantitative estimate of drug-likeness (QED) is 0.683. The molecule has 1 aliphatic rings. The van der Waals surface area contributed by atoms with Crippen molar-refractivity contribution in [2.24, 2.45) is 0 Å². The highest BCUT2D eigenvalue weighted by atomic mass is 19.4. The first-order chi connectivity index (χ1) is 6.46. The summed E-state index contributed by atoms with van der Waals surface area (Å²) in [4.78, 5) is 1.50. The Kier molecular flexibility index (Phi) is 3.40. The molecule has 1 N–H and O–H groups in total. The molecule has 0 bridgehead atoms. The Bertz CT molecular complexity index is 233. The van der Waals surface area contributed by atoms with E-state index in [2.05, 4.69) is 5.92 Å². The highest BCUT2D eigenvalue weighted by Gasteiger charge is 2.46. The number of aliphatic hydroxyl groups is 1. The van der Waals surface area contributed by atoms with Gasteiger partial charge in [-0.05, 0) is 19.4 Å². The topological polar surface area (TPSA) is 23.5 Å². The van der Waals surface area contributed by atoms with Gasteiger partial charge in [0.15, 0.2) is 6.10 Å². The maximum atomic E-state index is 12.2. The molecule has 0 spiro atoms. The number of nitrogens with zero attached hydrogens (tertiary/aromatic N) is 1. The highest BCUT2D eigenvalue weighted by Crippen LogP contribution is 2.30. The second-order valence-corrected chi connectivity index (χ2v) is 3.37. The Labute approximate surface area is 80.7 Å². The van der Waals surface area contributed by atoms with Gasteiger partial charge in [0, 0.05) is 6.04 Å². The standard InChI is InChI=1S/C9H12F3NO/c1-2-5-13-6-3-4-7(13)8(14)9(10,11)12/h1,7-8,14H,3-6H2/t7-,8+/m0/s1. The number of rotatable bonds is 2. The van der Waals surface area contributed by atoms with Gasteiger partial charge >= 0.3 is 6.18 Å². The molecule has 0 saturated carbocycles. The molecule has 1 rings (SSSR count). The van der Waals surface area contributed by atoms with Crippen LogP contribution in [0.1, 0.15) is 12.8 Å². The van der Waals surface area contributed by atoms with Crippen LogP contribution in [0.3, 0.4) is 0 Å².